The zero-order valence-corrected chi connectivity index (χ0v) is 13.3. The summed E-state index contributed by atoms with van der Waals surface area (Å²) in [5.41, 5.74) is 2.25. The van der Waals surface area contributed by atoms with Crippen LogP contribution in [0.15, 0.2) is 73.1 Å². The molecule has 0 bridgehead atoms. The Balaban J connectivity index is 1.66. The summed E-state index contributed by atoms with van der Waals surface area (Å²) in [5, 5.41) is 4.16. The van der Waals surface area contributed by atoms with Gasteiger partial charge in [0.2, 0.25) is 6.17 Å². The lowest BCUT2D eigenvalue weighted by atomic mass is 10.1. The van der Waals surface area contributed by atoms with Crippen LogP contribution in [0.4, 0.5) is 4.39 Å². The van der Waals surface area contributed by atoms with Gasteiger partial charge in [-0.25, -0.2) is 9.07 Å². The van der Waals surface area contributed by atoms with Crippen molar-refractivity contribution in [1.29, 1.82) is 0 Å². The molecule has 5 heteroatoms. The average Bonchev–Trinajstić information content (AvgIpc) is 3.16. The van der Waals surface area contributed by atoms with Gasteiger partial charge in [-0.3, -0.25) is 4.79 Å². The quantitative estimate of drug-likeness (QED) is 0.720. The van der Waals surface area contributed by atoms with Crippen molar-refractivity contribution in [1.82, 2.24) is 14.7 Å². The lowest BCUT2D eigenvalue weighted by molar-refractivity contribution is -0.136. The molecule has 0 radical (unpaired) electrons. The molecular weight excluding hydrogens is 305 g/mol. The summed E-state index contributed by atoms with van der Waals surface area (Å²) in [4.78, 5) is 13.6. The third kappa shape index (κ3) is 3.51. The summed E-state index contributed by atoms with van der Waals surface area (Å²) in [7, 11) is 1.61. The Morgan fingerprint density at radius 1 is 1.12 bits per heavy atom. The highest BCUT2D eigenvalue weighted by Crippen LogP contribution is 2.20. The van der Waals surface area contributed by atoms with E-state index in [2.05, 4.69) is 5.10 Å². The second-order valence-corrected chi connectivity index (χ2v) is 5.58. The van der Waals surface area contributed by atoms with Crippen molar-refractivity contribution in [2.24, 2.45) is 0 Å². The van der Waals surface area contributed by atoms with Gasteiger partial charge in [0.1, 0.15) is 0 Å². The largest absolute Gasteiger partial charge is 0.339 e. The SMILES string of the molecule is CN(Cc1ccc(-n2cccn2)cc1)C(=O)[C@@H](F)c1ccccc1. The molecule has 0 saturated carbocycles. The maximum absolute atomic E-state index is 14.3. The maximum Gasteiger partial charge on any atom is 0.261 e. The average molecular weight is 323 g/mol. The molecule has 0 aliphatic heterocycles. The van der Waals surface area contributed by atoms with Crippen molar-refractivity contribution in [2.45, 2.75) is 12.7 Å². The summed E-state index contributed by atoms with van der Waals surface area (Å²) in [6.45, 7) is 0.353. The third-order valence-electron chi connectivity index (χ3n) is 3.81. The number of alkyl halides is 1. The van der Waals surface area contributed by atoms with E-state index in [-0.39, 0.29) is 0 Å². The molecule has 24 heavy (non-hydrogen) atoms. The fourth-order valence-electron chi connectivity index (χ4n) is 2.49. The minimum atomic E-state index is -1.64. The minimum Gasteiger partial charge on any atom is -0.339 e. The number of aromatic nitrogens is 2. The van der Waals surface area contributed by atoms with Crippen LogP contribution >= 0.6 is 0 Å². The molecule has 1 heterocycles. The van der Waals surface area contributed by atoms with Crippen LogP contribution in [0.5, 0.6) is 0 Å². The molecule has 1 atom stereocenters. The molecule has 0 saturated heterocycles. The van der Waals surface area contributed by atoms with Crippen LogP contribution in [-0.4, -0.2) is 27.6 Å². The van der Waals surface area contributed by atoms with Gasteiger partial charge in [0, 0.05) is 26.0 Å². The van der Waals surface area contributed by atoms with E-state index in [1.807, 2.05) is 36.5 Å². The lowest BCUT2D eigenvalue weighted by Crippen LogP contribution is -2.29. The van der Waals surface area contributed by atoms with Crippen molar-refractivity contribution >= 4 is 5.91 Å². The summed E-state index contributed by atoms with van der Waals surface area (Å²) >= 11 is 0. The van der Waals surface area contributed by atoms with Crippen molar-refractivity contribution in [3.63, 3.8) is 0 Å². The summed E-state index contributed by atoms with van der Waals surface area (Å²) < 4.78 is 16.1. The molecular formula is C19H18FN3O. The normalized spacial score (nSPS) is 11.9. The van der Waals surface area contributed by atoms with Crippen LogP contribution < -0.4 is 0 Å². The van der Waals surface area contributed by atoms with Gasteiger partial charge in [0.25, 0.3) is 5.91 Å². The molecule has 2 aromatic carbocycles. The van der Waals surface area contributed by atoms with Crippen molar-refractivity contribution in [3.8, 4) is 5.69 Å². The Hall–Kier alpha value is -2.95. The van der Waals surface area contributed by atoms with Gasteiger partial charge in [0.05, 0.1) is 5.69 Å². The maximum atomic E-state index is 14.3. The van der Waals surface area contributed by atoms with E-state index in [1.54, 1.807) is 48.3 Å². The van der Waals surface area contributed by atoms with Crippen LogP contribution in [0.2, 0.25) is 0 Å². The zero-order chi connectivity index (χ0) is 16.9. The Morgan fingerprint density at radius 3 is 2.46 bits per heavy atom. The number of hydrogen-bond acceptors (Lipinski definition) is 2. The van der Waals surface area contributed by atoms with Crippen molar-refractivity contribution in [2.75, 3.05) is 7.05 Å². The van der Waals surface area contributed by atoms with Crippen LogP contribution in [-0.2, 0) is 11.3 Å². The first kappa shape index (κ1) is 15.9. The van der Waals surface area contributed by atoms with Crippen molar-refractivity contribution < 1.29 is 9.18 Å². The molecule has 0 fully saturated rings. The highest BCUT2D eigenvalue weighted by molar-refractivity contribution is 5.81. The van der Waals surface area contributed by atoms with Gasteiger partial charge in [-0.15, -0.1) is 0 Å². The topological polar surface area (TPSA) is 38.1 Å². The first-order chi connectivity index (χ1) is 11.6. The van der Waals surface area contributed by atoms with Gasteiger partial charge in [-0.1, -0.05) is 42.5 Å². The number of carbonyl (C=O) groups excluding carboxylic acids is 1. The van der Waals surface area contributed by atoms with Gasteiger partial charge in [-0.2, -0.15) is 5.10 Å². The monoisotopic (exact) mass is 323 g/mol. The molecule has 1 aromatic heterocycles. The number of nitrogens with zero attached hydrogens (tertiary/aromatic N) is 3. The fraction of sp³-hybridized carbons (Fsp3) is 0.158. The number of halogens is 1. The van der Waals surface area contributed by atoms with E-state index in [0.29, 0.717) is 12.1 Å². The second-order valence-electron chi connectivity index (χ2n) is 5.58. The molecule has 3 aromatic rings. The van der Waals surface area contributed by atoms with Crippen molar-refractivity contribution in [3.05, 3.63) is 84.2 Å². The smallest absolute Gasteiger partial charge is 0.261 e. The molecule has 4 nitrogen and oxygen atoms in total. The number of benzene rings is 2. The van der Waals surface area contributed by atoms with E-state index in [0.717, 1.165) is 11.3 Å². The Morgan fingerprint density at radius 2 is 1.83 bits per heavy atom. The lowest BCUT2D eigenvalue weighted by Gasteiger charge is -2.20. The number of rotatable bonds is 5. The van der Waals surface area contributed by atoms with Crippen LogP contribution in [0, 0.1) is 0 Å². The van der Waals surface area contributed by atoms with E-state index < -0.39 is 12.1 Å². The number of carbonyl (C=O) groups is 1. The fourth-order valence-corrected chi connectivity index (χ4v) is 2.49. The predicted molar refractivity (Wildman–Crippen MR) is 90.3 cm³/mol. The summed E-state index contributed by atoms with van der Waals surface area (Å²) in [5.74, 6) is -0.544. The molecule has 122 valence electrons. The first-order valence-corrected chi connectivity index (χ1v) is 7.68. The first-order valence-electron chi connectivity index (χ1n) is 7.68. The minimum absolute atomic E-state index is 0.353. The molecule has 3 rings (SSSR count). The molecule has 0 aliphatic rings. The number of amides is 1. The van der Waals surface area contributed by atoms with E-state index >= 15 is 0 Å². The highest BCUT2D eigenvalue weighted by Gasteiger charge is 2.23. The Bertz CT molecular complexity index is 785. The van der Waals surface area contributed by atoms with Crippen LogP contribution in [0.3, 0.4) is 0 Å². The van der Waals surface area contributed by atoms with Crippen LogP contribution in [0.25, 0.3) is 5.69 Å². The summed E-state index contributed by atoms with van der Waals surface area (Å²) in [6, 6.07) is 18.0. The van der Waals surface area contributed by atoms with E-state index in [1.165, 1.54) is 4.90 Å². The molecule has 0 N–H and O–H groups in total. The van der Waals surface area contributed by atoms with Gasteiger partial charge >= 0.3 is 0 Å². The number of likely N-dealkylation sites (N-methyl/N-ethyl adjacent to an activating group) is 1. The summed E-state index contributed by atoms with van der Waals surface area (Å²) in [6.07, 6.45) is 1.93. The van der Waals surface area contributed by atoms with E-state index in [4.69, 9.17) is 0 Å². The molecule has 0 spiro atoms. The molecule has 0 aliphatic carbocycles. The molecule has 0 unspecified atom stereocenters. The number of hydrogen-bond donors (Lipinski definition) is 0. The van der Waals surface area contributed by atoms with Gasteiger partial charge < -0.3 is 4.90 Å². The van der Waals surface area contributed by atoms with Crippen LogP contribution in [0.1, 0.15) is 17.3 Å². The predicted octanol–water partition coefficient (Wildman–Crippen LogP) is 3.54. The second kappa shape index (κ2) is 7.08. The van der Waals surface area contributed by atoms with Gasteiger partial charge in [-0.05, 0) is 29.3 Å². The molecule has 1 amide bonds. The Labute approximate surface area is 140 Å². The standard InChI is InChI=1S/C19H18FN3O/c1-22(19(24)18(20)16-6-3-2-4-7-16)14-15-8-10-17(11-9-15)23-13-5-12-21-23/h2-13,18H,14H2,1H3/t18-/m0/s1. The zero-order valence-electron chi connectivity index (χ0n) is 13.3. The Kier molecular flexibility index (Phi) is 4.70. The highest BCUT2D eigenvalue weighted by atomic mass is 19.1. The third-order valence-corrected chi connectivity index (χ3v) is 3.81. The van der Waals surface area contributed by atoms with E-state index in [9.17, 15) is 9.18 Å². The van der Waals surface area contributed by atoms with Gasteiger partial charge in [0.15, 0.2) is 0 Å².